The van der Waals surface area contributed by atoms with Crippen LogP contribution in [0.1, 0.15) is 27.3 Å². The largest absolute Gasteiger partial charge is 0.478 e. The van der Waals surface area contributed by atoms with Crippen LogP contribution in [-0.2, 0) is 13.0 Å². The van der Waals surface area contributed by atoms with Crippen molar-refractivity contribution in [3.8, 4) is 0 Å². The van der Waals surface area contributed by atoms with E-state index >= 15 is 0 Å². The van der Waals surface area contributed by atoms with Crippen LogP contribution < -0.4 is 4.90 Å². The molecule has 5 heteroatoms. The van der Waals surface area contributed by atoms with Gasteiger partial charge in [0.25, 0.3) is 0 Å². The molecule has 4 nitrogen and oxygen atoms in total. The van der Waals surface area contributed by atoms with E-state index in [0.29, 0.717) is 5.56 Å². The monoisotopic (exact) mass is 274 g/mol. The number of fused-ring (bicyclic) bond motifs is 1. The summed E-state index contributed by atoms with van der Waals surface area (Å²) in [5.74, 6) is -0.861. The van der Waals surface area contributed by atoms with E-state index in [1.54, 1.807) is 23.5 Å². The lowest BCUT2D eigenvalue weighted by Gasteiger charge is -2.30. The van der Waals surface area contributed by atoms with Gasteiger partial charge in [0, 0.05) is 23.8 Å². The quantitative estimate of drug-likeness (QED) is 0.935. The molecular formula is C14H14N2O2S. The van der Waals surface area contributed by atoms with Crippen LogP contribution in [0.25, 0.3) is 0 Å². The summed E-state index contributed by atoms with van der Waals surface area (Å²) >= 11 is 1.65. The minimum atomic E-state index is -0.861. The molecule has 98 valence electrons. The van der Waals surface area contributed by atoms with Gasteiger partial charge in [-0.2, -0.15) is 0 Å². The van der Waals surface area contributed by atoms with E-state index in [4.69, 9.17) is 5.11 Å². The third-order valence-corrected chi connectivity index (χ3v) is 4.12. The number of aryl methyl sites for hydroxylation is 1. The molecule has 1 N–H and O–H groups in total. The molecule has 2 aromatic rings. The number of aromatic carboxylic acids is 1. The number of nitrogens with zero attached hydrogens (tertiary/aromatic N) is 2. The van der Waals surface area contributed by atoms with Crippen molar-refractivity contribution in [3.63, 3.8) is 0 Å². The number of thiazole rings is 1. The van der Waals surface area contributed by atoms with Crippen molar-refractivity contribution >= 4 is 23.0 Å². The number of benzene rings is 1. The second kappa shape index (κ2) is 5.01. The number of carboxylic acids is 1. The van der Waals surface area contributed by atoms with E-state index in [-0.39, 0.29) is 0 Å². The fraction of sp³-hybridized carbons (Fsp3) is 0.286. The Bertz CT molecular complexity index is 595. The highest BCUT2D eigenvalue weighted by molar-refractivity contribution is 7.09. The van der Waals surface area contributed by atoms with Crippen LogP contribution in [0.5, 0.6) is 0 Å². The molecule has 2 heterocycles. The van der Waals surface area contributed by atoms with E-state index in [0.717, 1.165) is 42.2 Å². The lowest BCUT2D eigenvalue weighted by Crippen LogP contribution is -2.28. The topological polar surface area (TPSA) is 53.4 Å². The Morgan fingerprint density at radius 3 is 3.11 bits per heavy atom. The molecule has 19 heavy (non-hydrogen) atoms. The summed E-state index contributed by atoms with van der Waals surface area (Å²) in [5, 5.41) is 12.1. The summed E-state index contributed by atoms with van der Waals surface area (Å²) in [4.78, 5) is 17.6. The second-order valence-corrected chi connectivity index (χ2v) is 5.58. The van der Waals surface area contributed by atoms with Crippen molar-refractivity contribution in [1.29, 1.82) is 0 Å². The van der Waals surface area contributed by atoms with Gasteiger partial charge in [-0.25, -0.2) is 9.78 Å². The third-order valence-electron chi connectivity index (χ3n) is 3.35. The molecule has 0 spiro atoms. The SMILES string of the molecule is O=C(O)c1ccc2c(c1)CCCN2Cc1nccs1. The number of anilines is 1. The Hall–Kier alpha value is -1.88. The smallest absolute Gasteiger partial charge is 0.335 e. The Kier molecular flexibility index (Phi) is 3.21. The molecule has 1 aromatic carbocycles. The summed E-state index contributed by atoms with van der Waals surface area (Å²) in [7, 11) is 0. The Balaban J connectivity index is 1.89. The van der Waals surface area contributed by atoms with Crippen molar-refractivity contribution in [2.24, 2.45) is 0 Å². The molecular weight excluding hydrogens is 260 g/mol. The van der Waals surface area contributed by atoms with Gasteiger partial charge in [0.05, 0.1) is 12.1 Å². The summed E-state index contributed by atoms with van der Waals surface area (Å²) in [6.45, 7) is 1.80. The molecule has 0 aliphatic carbocycles. The standard InChI is InChI=1S/C14H14N2O2S/c17-14(18)11-3-4-12-10(8-11)2-1-6-16(12)9-13-15-5-7-19-13/h3-5,7-8H,1-2,6,9H2,(H,17,18). The third kappa shape index (κ3) is 2.46. The van der Waals surface area contributed by atoms with Crippen LogP contribution in [0.4, 0.5) is 5.69 Å². The van der Waals surface area contributed by atoms with Crippen molar-refractivity contribution in [2.45, 2.75) is 19.4 Å². The van der Waals surface area contributed by atoms with Gasteiger partial charge in [-0.1, -0.05) is 0 Å². The maximum absolute atomic E-state index is 11.0. The van der Waals surface area contributed by atoms with Gasteiger partial charge in [0.2, 0.25) is 0 Å². The van der Waals surface area contributed by atoms with Gasteiger partial charge in [0.1, 0.15) is 5.01 Å². The molecule has 0 fully saturated rings. The predicted molar refractivity (Wildman–Crippen MR) is 74.9 cm³/mol. The average Bonchev–Trinajstić information content (AvgIpc) is 2.91. The molecule has 0 radical (unpaired) electrons. The number of aromatic nitrogens is 1. The first-order valence-electron chi connectivity index (χ1n) is 6.23. The van der Waals surface area contributed by atoms with Gasteiger partial charge in [-0.05, 0) is 36.6 Å². The Morgan fingerprint density at radius 1 is 1.47 bits per heavy atom. The molecule has 0 bridgehead atoms. The van der Waals surface area contributed by atoms with Crippen LogP contribution in [0.2, 0.25) is 0 Å². The van der Waals surface area contributed by atoms with Crippen molar-refractivity contribution in [1.82, 2.24) is 4.98 Å². The maximum atomic E-state index is 11.0. The fourth-order valence-electron chi connectivity index (χ4n) is 2.47. The van der Waals surface area contributed by atoms with E-state index in [2.05, 4.69) is 9.88 Å². The Morgan fingerprint density at radius 2 is 2.37 bits per heavy atom. The zero-order valence-electron chi connectivity index (χ0n) is 10.4. The lowest BCUT2D eigenvalue weighted by molar-refractivity contribution is 0.0697. The summed E-state index contributed by atoms with van der Waals surface area (Å²) in [6.07, 6.45) is 3.82. The highest BCUT2D eigenvalue weighted by atomic mass is 32.1. The van der Waals surface area contributed by atoms with E-state index in [9.17, 15) is 4.79 Å². The summed E-state index contributed by atoms with van der Waals surface area (Å²) in [6, 6.07) is 5.40. The molecule has 0 atom stereocenters. The molecule has 1 aromatic heterocycles. The van der Waals surface area contributed by atoms with Gasteiger partial charge >= 0.3 is 5.97 Å². The molecule has 0 saturated heterocycles. The first-order valence-corrected chi connectivity index (χ1v) is 7.11. The van der Waals surface area contributed by atoms with Crippen LogP contribution in [0, 0.1) is 0 Å². The number of carbonyl (C=O) groups is 1. The predicted octanol–water partition coefficient (Wildman–Crippen LogP) is 2.79. The Labute approximate surface area is 115 Å². The molecule has 0 unspecified atom stereocenters. The maximum Gasteiger partial charge on any atom is 0.335 e. The normalized spacial score (nSPS) is 14.2. The van der Waals surface area contributed by atoms with Crippen molar-refractivity contribution in [2.75, 3.05) is 11.4 Å². The molecule has 0 saturated carbocycles. The number of hydrogen-bond acceptors (Lipinski definition) is 4. The minimum absolute atomic E-state index is 0.370. The first-order chi connectivity index (χ1) is 9.24. The van der Waals surface area contributed by atoms with Crippen molar-refractivity contribution < 1.29 is 9.90 Å². The number of rotatable bonds is 3. The van der Waals surface area contributed by atoms with Crippen LogP contribution in [0.3, 0.4) is 0 Å². The highest BCUT2D eigenvalue weighted by Crippen LogP contribution is 2.29. The second-order valence-electron chi connectivity index (χ2n) is 4.60. The molecule has 1 aliphatic heterocycles. The summed E-state index contributed by atoms with van der Waals surface area (Å²) in [5.41, 5.74) is 2.64. The first kappa shape index (κ1) is 12.2. The van der Waals surface area contributed by atoms with Gasteiger partial charge in [-0.3, -0.25) is 0 Å². The van der Waals surface area contributed by atoms with Crippen molar-refractivity contribution in [3.05, 3.63) is 45.9 Å². The zero-order valence-corrected chi connectivity index (χ0v) is 11.2. The van der Waals surface area contributed by atoms with E-state index < -0.39 is 5.97 Å². The number of hydrogen-bond donors (Lipinski definition) is 1. The lowest BCUT2D eigenvalue weighted by atomic mass is 9.99. The molecule has 1 aliphatic rings. The van der Waals surface area contributed by atoms with Gasteiger partial charge < -0.3 is 10.0 Å². The fourth-order valence-corrected chi connectivity index (χ4v) is 3.10. The van der Waals surface area contributed by atoms with Crippen LogP contribution in [0.15, 0.2) is 29.8 Å². The zero-order chi connectivity index (χ0) is 13.2. The average molecular weight is 274 g/mol. The summed E-state index contributed by atoms with van der Waals surface area (Å²) < 4.78 is 0. The van der Waals surface area contributed by atoms with Gasteiger partial charge in [0.15, 0.2) is 0 Å². The minimum Gasteiger partial charge on any atom is -0.478 e. The van der Waals surface area contributed by atoms with E-state index in [1.165, 1.54) is 0 Å². The highest BCUT2D eigenvalue weighted by Gasteiger charge is 2.19. The van der Waals surface area contributed by atoms with Crippen LogP contribution >= 0.6 is 11.3 Å². The molecule has 0 amide bonds. The molecule has 3 rings (SSSR count). The van der Waals surface area contributed by atoms with Gasteiger partial charge in [-0.15, -0.1) is 11.3 Å². The van der Waals surface area contributed by atoms with Crippen LogP contribution in [-0.4, -0.2) is 22.6 Å². The number of carboxylic acid groups (broad SMARTS) is 1. The van der Waals surface area contributed by atoms with E-state index in [1.807, 2.05) is 17.6 Å².